The molecule has 1 aromatic rings. The van der Waals surface area contributed by atoms with Gasteiger partial charge in [0, 0.05) is 12.3 Å². The standard InChI is InChI=1S/C7H6F3NO3S/c1-5-2-3-11-6(4-5)14-15(12,13)7(8,9)10/h2-4H,1H3. The summed E-state index contributed by atoms with van der Waals surface area (Å²) >= 11 is 0. The second-order valence-electron chi connectivity index (χ2n) is 2.65. The smallest absolute Gasteiger partial charge is 0.355 e. The van der Waals surface area contributed by atoms with E-state index in [0.29, 0.717) is 5.56 Å². The van der Waals surface area contributed by atoms with Gasteiger partial charge >= 0.3 is 15.6 Å². The van der Waals surface area contributed by atoms with Gasteiger partial charge in [0.2, 0.25) is 5.88 Å². The van der Waals surface area contributed by atoms with E-state index in [4.69, 9.17) is 0 Å². The monoisotopic (exact) mass is 241 g/mol. The van der Waals surface area contributed by atoms with E-state index in [1.807, 2.05) is 0 Å². The topological polar surface area (TPSA) is 56.3 Å². The van der Waals surface area contributed by atoms with Crippen molar-refractivity contribution in [2.24, 2.45) is 0 Å². The fourth-order valence-corrected chi connectivity index (χ4v) is 1.12. The Bertz CT molecular complexity index is 455. The number of alkyl halides is 3. The Labute approximate surface area is 83.8 Å². The molecule has 0 aliphatic rings. The van der Waals surface area contributed by atoms with Crippen LogP contribution >= 0.6 is 0 Å². The third-order valence-electron chi connectivity index (χ3n) is 1.37. The van der Waals surface area contributed by atoms with E-state index >= 15 is 0 Å². The molecule has 0 aliphatic carbocycles. The molecule has 0 aliphatic heterocycles. The fraction of sp³-hybridized carbons (Fsp3) is 0.286. The highest BCUT2D eigenvalue weighted by molar-refractivity contribution is 7.87. The van der Waals surface area contributed by atoms with Crippen LogP contribution in [0.15, 0.2) is 18.3 Å². The third kappa shape index (κ3) is 2.82. The second-order valence-corrected chi connectivity index (χ2v) is 4.19. The van der Waals surface area contributed by atoms with E-state index in [2.05, 4.69) is 9.17 Å². The van der Waals surface area contributed by atoms with E-state index in [9.17, 15) is 21.6 Å². The molecule has 1 rings (SSSR count). The van der Waals surface area contributed by atoms with Crippen molar-refractivity contribution >= 4 is 10.1 Å². The van der Waals surface area contributed by atoms with Gasteiger partial charge in [0.25, 0.3) is 0 Å². The van der Waals surface area contributed by atoms with Crippen LogP contribution < -0.4 is 4.18 Å². The first-order valence-electron chi connectivity index (χ1n) is 3.66. The molecule has 0 aromatic carbocycles. The molecular weight excluding hydrogens is 235 g/mol. The summed E-state index contributed by atoms with van der Waals surface area (Å²) in [6.45, 7) is 1.56. The number of aryl methyl sites for hydroxylation is 1. The lowest BCUT2D eigenvalue weighted by atomic mass is 10.3. The van der Waals surface area contributed by atoms with Crippen LogP contribution in [0, 0.1) is 6.92 Å². The Hall–Kier alpha value is -1.31. The van der Waals surface area contributed by atoms with E-state index in [1.54, 1.807) is 6.92 Å². The molecule has 15 heavy (non-hydrogen) atoms. The van der Waals surface area contributed by atoms with Crippen LogP contribution in [0.4, 0.5) is 13.2 Å². The first kappa shape index (κ1) is 11.8. The van der Waals surface area contributed by atoms with Crippen LogP contribution in [-0.2, 0) is 10.1 Å². The van der Waals surface area contributed by atoms with Crippen molar-refractivity contribution in [2.75, 3.05) is 0 Å². The number of aromatic nitrogens is 1. The highest BCUT2D eigenvalue weighted by Gasteiger charge is 2.48. The molecule has 1 heterocycles. The van der Waals surface area contributed by atoms with E-state index < -0.39 is 21.5 Å². The maximum absolute atomic E-state index is 11.9. The Morgan fingerprint density at radius 1 is 1.40 bits per heavy atom. The minimum atomic E-state index is -5.63. The molecule has 0 N–H and O–H groups in total. The van der Waals surface area contributed by atoms with Crippen molar-refractivity contribution in [2.45, 2.75) is 12.4 Å². The molecule has 0 spiro atoms. The number of hydrogen-bond acceptors (Lipinski definition) is 4. The van der Waals surface area contributed by atoms with Gasteiger partial charge in [-0.05, 0) is 18.6 Å². The minimum absolute atomic E-state index is 0.539. The van der Waals surface area contributed by atoms with Crippen molar-refractivity contribution in [3.8, 4) is 5.88 Å². The van der Waals surface area contributed by atoms with E-state index in [0.717, 1.165) is 12.3 Å². The van der Waals surface area contributed by atoms with Crippen molar-refractivity contribution in [3.05, 3.63) is 23.9 Å². The first-order chi connectivity index (χ1) is 6.72. The van der Waals surface area contributed by atoms with Crippen molar-refractivity contribution in [1.82, 2.24) is 4.98 Å². The largest absolute Gasteiger partial charge is 0.534 e. The van der Waals surface area contributed by atoms with Crippen LogP contribution in [-0.4, -0.2) is 18.9 Å². The number of pyridine rings is 1. The van der Waals surface area contributed by atoms with Gasteiger partial charge in [-0.2, -0.15) is 21.6 Å². The van der Waals surface area contributed by atoms with Crippen LogP contribution in [0.1, 0.15) is 5.56 Å². The number of nitrogens with zero attached hydrogens (tertiary/aromatic N) is 1. The predicted molar refractivity (Wildman–Crippen MR) is 44.6 cm³/mol. The number of rotatable bonds is 2. The predicted octanol–water partition coefficient (Wildman–Crippen LogP) is 1.62. The number of halogens is 3. The highest BCUT2D eigenvalue weighted by atomic mass is 32.2. The first-order valence-corrected chi connectivity index (χ1v) is 5.06. The van der Waals surface area contributed by atoms with Crippen LogP contribution in [0.3, 0.4) is 0 Å². The van der Waals surface area contributed by atoms with Crippen LogP contribution in [0.2, 0.25) is 0 Å². The normalized spacial score (nSPS) is 12.5. The highest BCUT2D eigenvalue weighted by Crippen LogP contribution is 2.25. The van der Waals surface area contributed by atoms with Gasteiger partial charge in [-0.15, -0.1) is 0 Å². The second kappa shape index (κ2) is 3.69. The molecule has 0 saturated heterocycles. The fourth-order valence-electron chi connectivity index (χ4n) is 0.714. The maximum Gasteiger partial charge on any atom is 0.534 e. The Kier molecular flexibility index (Phi) is 2.89. The summed E-state index contributed by atoms with van der Waals surface area (Å²) < 4.78 is 60.5. The average Bonchev–Trinajstić information content (AvgIpc) is 2.00. The molecule has 0 atom stereocenters. The molecular formula is C7H6F3NO3S. The quantitative estimate of drug-likeness (QED) is 0.583. The zero-order chi connectivity index (χ0) is 11.7. The van der Waals surface area contributed by atoms with Gasteiger partial charge < -0.3 is 4.18 Å². The van der Waals surface area contributed by atoms with Crippen LogP contribution in [0.25, 0.3) is 0 Å². The van der Waals surface area contributed by atoms with Crippen molar-refractivity contribution in [3.63, 3.8) is 0 Å². The van der Waals surface area contributed by atoms with Gasteiger partial charge in [0.05, 0.1) is 0 Å². The van der Waals surface area contributed by atoms with Crippen LogP contribution in [0.5, 0.6) is 5.88 Å². The van der Waals surface area contributed by atoms with E-state index in [-0.39, 0.29) is 0 Å². The summed E-state index contributed by atoms with van der Waals surface area (Å²) in [7, 11) is -5.63. The van der Waals surface area contributed by atoms with Gasteiger partial charge in [0.15, 0.2) is 0 Å². The molecule has 0 amide bonds. The molecule has 0 fully saturated rings. The van der Waals surface area contributed by atoms with Gasteiger partial charge in [0.1, 0.15) is 0 Å². The molecule has 0 bridgehead atoms. The van der Waals surface area contributed by atoms with Gasteiger partial charge in [-0.3, -0.25) is 0 Å². The Morgan fingerprint density at radius 3 is 2.47 bits per heavy atom. The van der Waals surface area contributed by atoms with E-state index in [1.165, 1.54) is 6.07 Å². The molecule has 4 nitrogen and oxygen atoms in total. The maximum atomic E-state index is 11.9. The molecule has 0 saturated carbocycles. The summed E-state index contributed by atoms with van der Waals surface area (Å²) in [5.41, 5.74) is -4.91. The molecule has 0 radical (unpaired) electrons. The molecule has 1 aromatic heterocycles. The van der Waals surface area contributed by atoms with Gasteiger partial charge in [-0.25, -0.2) is 4.98 Å². The Morgan fingerprint density at radius 2 is 2.00 bits per heavy atom. The zero-order valence-corrected chi connectivity index (χ0v) is 8.26. The molecule has 8 heteroatoms. The summed E-state index contributed by atoms with van der Waals surface area (Å²) in [5, 5.41) is 0. The summed E-state index contributed by atoms with van der Waals surface area (Å²) in [6.07, 6.45) is 1.15. The lowest BCUT2D eigenvalue weighted by Crippen LogP contribution is -2.28. The van der Waals surface area contributed by atoms with Gasteiger partial charge in [-0.1, -0.05) is 0 Å². The summed E-state index contributed by atoms with van der Waals surface area (Å²) in [4.78, 5) is 3.34. The summed E-state index contributed by atoms with van der Waals surface area (Å²) in [5.74, 6) is -0.604. The third-order valence-corrected chi connectivity index (χ3v) is 2.33. The molecule has 0 unspecified atom stereocenters. The lowest BCUT2D eigenvalue weighted by Gasteiger charge is -2.08. The Balaban J connectivity index is 2.98. The van der Waals surface area contributed by atoms with Crippen molar-refractivity contribution < 1.29 is 25.8 Å². The zero-order valence-electron chi connectivity index (χ0n) is 7.45. The lowest BCUT2D eigenvalue weighted by molar-refractivity contribution is -0.0501. The van der Waals surface area contributed by atoms with Crippen molar-refractivity contribution in [1.29, 1.82) is 0 Å². The SMILES string of the molecule is Cc1ccnc(OS(=O)(=O)C(F)(F)F)c1. The summed E-state index contributed by atoms with van der Waals surface area (Å²) in [6, 6.07) is 2.58. The average molecular weight is 241 g/mol. The number of hydrogen-bond donors (Lipinski definition) is 0. The molecule has 84 valence electrons. The minimum Gasteiger partial charge on any atom is -0.355 e.